The van der Waals surface area contributed by atoms with Gasteiger partial charge in [0.2, 0.25) is 0 Å². The van der Waals surface area contributed by atoms with E-state index in [1.165, 1.54) is 19.3 Å². The van der Waals surface area contributed by atoms with Crippen molar-refractivity contribution in [3.8, 4) is 5.75 Å². The summed E-state index contributed by atoms with van der Waals surface area (Å²) in [4.78, 5) is 2.38. The summed E-state index contributed by atoms with van der Waals surface area (Å²) in [6.45, 7) is 4.49. The summed E-state index contributed by atoms with van der Waals surface area (Å²) in [7, 11) is 1.67. The molecule has 0 radical (unpaired) electrons. The number of nitrogens with two attached hydrogens (primary N) is 1. The van der Waals surface area contributed by atoms with E-state index in [1.807, 2.05) is 12.1 Å². The Morgan fingerprint density at radius 3 is 2.65 bits per heavy atom. The van der Waals surface area contributed by atoms with Crippen LogP contribution in [-0.4, -0.2) is 20.2 Å². The van der Waals surface area contributed by atoms with Crippen LogP contribution in [0.4, 0.5) is 11.4 Å². The molecule has 94 valence electrons. The fourth-order valence-electron chi connectivity index (χ4n) is 2.57. The van der Waals surface area contributed by atoms with Crippen molar-refractivity contribution in [3.05, 3.63) is 18.2 Å². The van der Waals surface area contributed by atoms with E-state index in [0.717, 1.165) is 36.1 Å². The number of nitrogens with zero attached hydrogens (tertiary/aromatic N) is 1. The quantitative estimate of drug-likeness (QED) is 0.817. The molecule has 1 heterocycles. The second-order valence-corrected chi connectivity index (χ2v) is 4.73. The number of ether oxygens (including phenoxy) is 1. The molecule has 1 saturated heterocycles. The van der Waals surface area contributed by atoms with Gasteiger partial charge < -0.3 is 15.4 Å². The van der Waals surface area contributed by atoms with Crippen molar-refractivity contribution < 1.29 is 4.74 Å². The number of nitrogen functional groups attached to an aromatic ring is 1. The van der Waals surface area contributed by atoms with E-state index in [-0.39, 0.29) is 0 Å². The van der Waals surface area contributed by atoms with Crippen LogP contribution >= 0.6 is 0 Å². The topological polar surface area (TPSA) is 38.5 Å². The number of piperidine rings is 1. The Morgan fingerprint density at radius 1 is 1.35 bits per heavy atom. The smallest absolute Gasteiger partial charge is 0.143 e. The van der Waals surface area contributed by atoms with Crippen molar-refractivity contribution in [3.63, 3.8) is 0 Å². The van der Waals surface area contributed by atoms with Gasteiger partial charge >= 0.3 is 0 Å². The first kappa shape index (κ1) is 12.1. The van der Waals surface area contributed by atoms with Gasteiger partial charge in [-0.3, -0.25) is 0 Å². The SMILES string of the molecule is CCC1CCN(c2cccc(OC)c2N)CC1. The fraction of sp³-hybridized carbons (Fsp3) is 0.571. The molecular weight excluding hydrogens is 212 g/mol. The van der Waals surface area contributed by atoms with E-state index < -0.39 is 0 Å². The molecule has 0 unspecified atom stereocenters. The lowest BCUT2D eigenvalue weighted by atomic mass is 9.94. The second-order valence-electron chi connectivity index (χ2n) is 4.73. The van der Waals surface area contributed by atoms with E-state index >= 15 is 0 Å². The summed E-state index contributed by atoms with van der Waals surface area (Å²) in [6.07, 6.45) is 3.84. The maximum Gasteiger partial charge on any atom is 0.143 e. The van der Waals surface area contributed by atoms with Crippen molar-refractivity contribution >= 4 is 11.4 Å². The van der Waals surface area contributed by atoms with Gasteiger partial charge in [0.1, 0.15) is 5.75 Å². The lowest BCUT2D eigenvalue weighted by Crippen LogP contribution is -2.33. The van der Waals surface area contributed by atoms with Crippen LogP contribution in [0.25, 0.3) is 0 Å². The van der Waals surface area contributed by atoms with Crippen LogP contribution in [0.3, 0.4) is 0 Å². The molecule has 0 atom stereocenters. The van der Waals surface area contributed by atoms with Crippen LogP contribution in [0.1, 0.15) is 26.2 Å². The average molecular weight is 234 g/mol. The molecule has 0 aliphatic carbocycles. The lowest BCUT2D eigenvalue weighted by Gasteiger charge is -2.34. The zero-order chi connectivity index (χ0) is 12.3. The highest BCUT2D eigenvalue weighted by Crippen LogP contribution is 2.34. The molecule has 2 N–H and O–H groups in total. The normalized spacial score (nSPS) is 17.2. The van der Waals surface area contributed by atoms with E-state index in [0.29, 0.717) is 0 Å². The first-order valence-electron chi connectivity index (χ1n) is 6.43. The molecule has 1 aromatic rings. The molecule has 17 heavy (non-hydrogen) atoms. The first-order valence-corrected chi connectivity index (χ1v) is 6.43. The monoisotopic (exact) mass is 234 g/mol. The van der Waals surface area contributed by atoms with Crippen molar-refractivity contribution in [2.75, 3.05) is 30.8 Å². The van der Waals surface area contributed by atoms with Crippen LogP contribution in [-0.2, 0) is 0 Å². The summed E-state index contributed by atoms with van der Waals surface area (Å²) in [6, 6.07) is 6.01. The first-order chi connectivity index (χ1) is 8.26. The number of anilines is 2. The molecule has 0 saturated carbocycles. The molecule has 1 aliphatic heterocycles. The highest BCUT2D eigenvalue weighted by Gasteiger charge is 2.20. The van der Waals surface area contributed by atoms with E-state index in [4.69, 9.17) is 10.5 Å². The van der Waals surface area contributed by atoms with Gasteiger partial charge in [0, 0.05) is 13.1 Å². The van der Waals surface area contributed by atoms with Crippen molar-refractivity contribution in [1.82, 2.24) is 0 Å². The van der Waals surface area contributed by atoms with E-state index in [2.05, 4.69) is 17.9 Å². The van der Waals surface area contributed by atoms with Crippen LogP contribution in [0.15, 0.2) is 18.2 Å². The van der Waals surface area contributed by atoms with Gasteiger partial charge in [0.05, 0.1) is 18.5 Å². The fourth-order valence-corrected chi connectivity index (χ4v) is 2.57. The molecule has 3 nitrogen and oxygen atoms in total. The summed E-state index contributed by atoms with van der Waals surface area (Å²) in [5.74, 6) is 1.66. The van der Waals surface area contributed by atoms with Gasteiger partial charge in [-0.2, -0.15) is 0 Å². The summed E-state index contributed by atoms with van der Waals surface area (Å²) >= 11 is 0. The Balaban J connectivity index is 2.13. The molecule has 0 aromatic heterocycles. The number of methoxy groups -OCH3 is 1. The number of benzene rings is 1. The molecular formula is C14H22N2O. The molecule has 0 spiro atoms. The van der Waals surface area contributed by atoms with Gasteiger partial charge in [-0.15, -0.1) is 0 Å². The van der Waals surface area contributed by atoms with Gasteiger partial charge in [-0.25, -0.2) is 0 Å². The molecule has 0 amide bonds. The summed E-state index contributed by atoms with van der Waals surface area (Å²) in [5, 5.41) is 0. The molecule has 3 heteroatoms. The standard InChI is InChI=1S/C14H22N2O/c1-3-11-7-9-16(10-8-11)12-5-4-6-13(17-2)14(12)15/h4-6,11H,3,7-10,15H2,1-2H3. The minimum Gasteiger partial charge on any atom is -0.495 e. The molecule has 1 aliphatic rings. The van der Waals surface area contributed by atoms with Crippen LogP contribution in [0, 0.1) is 5.92 Å². The maximum absolute atomic E-state index is 6.13. The number of hydrogen-bond donors (Lipinski definition) is 1. The predicted octanol–water partition coefficient (Wildman–Crippen LogP) is 2.90. The summed E-state index contributed by atoms with van der Waals surface area (Å²) < 4.78 is 5.27. The Bertz CT molecular complexity index is 370. The highest BCUT2D eigenvalue weighted by molar-refractivity contribution is 5.74. The third-order valence-corrected chi connectivity index (χ3v) is 3.80. The van der Waals surface area contributed by atoms with E-state index in [1.54, 1.807) is 7.11 Å². The van der Waals surface area contributed by atoms with Gasteiger partial charge in [-0.1, -0.05) is 19.4 Å². The van der Waals surface area contributed by atoms with Crippen molar-refractivity contribution in [1.29, 1.82) is 0 Å². The Labute approximate surface area is 104 Å². The number of rotatable bonds is 3. The largest absolute Gasteiger partial charge is 0.495 e. The Hall–Kier alpha value is -1.38. The molecule has 1 aromatic carbocycles. The van der Waals surface area contributed by atoms with Crippen LogP contribution in [0.2, 0.25) is 0 Å². The zero-order valence-corrected chi connectivity index (χ0v) is 10.8. The Morgan fingerprint density at radius 2 is 2.06 bits per heavy atom. The van der Waals surface area contributed by atoms with Crippen LogP contribution in [0.5, 0.6) is 5.75 Å². The maximum atomic E-state index is 6.13. The zero-order valence-electron chi connectivity index (χ0n) is 10.8. The second kappa shape index (κ2) is 5.30. The van der Waals surface area contributed by atoms with Gasteiger partial charge in [0.15, 0.2) is 0 Å². The van der Waals surface area contributed by atoms with Crippen LogP contribution < -0.4 is 15.4 Å². The minimum absolute atomic E-state index is 0.768. The molecule has 2 rings (SSSR count). The minimum atomic E-state index is 0.768. The van der Waals surface area contributed by atoms with Crippen molar-refractivity contribution in [2.45, 2.75) is 26.2 Å². The van der Waals surface area contributed by atoms with Crippen molar-refractivity contribution in [2.24, 2.45) is 5.92 Å². The predicted molar refractivity (Wildman–Crippen MR) is 72.6 cm³/mol. The third-order valence-electron chi connectivity index (χ3n) is 3.80. The molecule has 0 bridgehead atoms. The van der Waals surface area contributed by atoms with E-state index in [9.17, 15) is 0 Å². The Kier molecular flexibility index (Phi) is 3.77. The van der Waals surface area contributed by atoms with Gasteiger partial charge in [-0.05, 0) is 30.9 Å². The summed E-state index contributed by atoms with van der Waals surface area (Å²) in [5.41, 5.74) is 8.02. The highest BCUT2D eigenvalue weighted by atomic mass is 16.5. The average Bonchev–Trinajstić information content (AvgIpc) is 2.39. The molecule has 1 fully saturated rings. The third kappa shape index (κ3) is 2.48. The lowest BCUT2D eigenvalue weighted by molar-refractivity contribution is 0.394. The number of para-hydroxylation sites is 1. The number of hydrogen-bond acceptors (Lipinski definition) is 3. The van der Waals surface area contributed by atoms with Gasteiger partial charge in [0.25, 0.3) is 0 Å².